The fourth-order valence-electron chi connectivity index (χ4n) is 8.47. The molecule has 2 heterocycles. The zero-order valence-corrected chi connectivity index (χ0v) is 43.3. The standard InChI is InChI=1S/C31H28N4.C23H19N3O.C8H11N.C2H2.B/c1-21-12-10-13-22(2)29(21)32-20-27-26-18-8-9-19-28(26)35(34-27)31(25-16-6-5-7-17-25)33-30-23(3)14-11-15-24(30)4;1-16-9-8-10-17(2)22(16)24-23(18-11-4-3-5-12-18)26-21-14-7-6-13-19(21)20(15-27)25-26;1-6-4-3-5-7(2)8(6)9;1-2;/h5-20H,1-4H3;3-15H,1-2H3;3-5H,9H2,1-2H3;1-2H;. The molecule has 0 bridgehead atoms. The van der Waals surface area contributed by atoms with Gasteiger partial charge in [0.2, 0.25) is 0 Å². The van der Waals surface area contributed by atoms with Gasteiger partial charge in [-0.3, -0.25) is 9.79 Å². The molecule has 10 rings (SSSR count). The first kappa shape index (κ1) is 54.1. The average molecular weight is 968 g/mol. The SMILES string of the molecule is C#C.Cc1cccc(C)c1N.Cc1cccc(C)c1N=C(c1ccccc1)n1nc(C=O)c2ccccc21.Cc1cccc(C)c1N=Cc1nn(C(=Nc2c(C)cccc2C)c2ccccc2)c2ccccc12.[B]. The molecule has 10 heteroatoms. The molecule has 0 atom stereocenters. The number of carbonyl (C=O) groups excluding carboxylic acids is 1. The number of nitrogen functional groups attached to an aromatic ring is 1. The van der Waals surface area contributed by atoms with Crippen LogP contribution in [0.15, 0.2) is 197 Å². The number of terminal acetylenes is 1. The van der Waals surface area contributed by atoms with E-state index < -0.39 is 0 Å². The van der Waals surface area contributed by atoms with Crippen LogP contribution >= 0.6 is 0 Å². The Labute approximate surface area is 437 Å². The number of para-hydroxylation sites is 6. The molecule has 0 fully saturated rings. The van der Waals surface area contributed by atoms with E-state index >= 15 is 0 Å². The number of rotatable bonds is 7. The van der Waals surface area contributed by atoms with E-state index in [1.54, 1.807) is 4.68 Å². The topological polar surface area (TPSA) is 116 Å². The van der Waals surface area contributed by atoms with Crippen LogP contribution in [0.25, 0.3) is 21.8 Å². The van der Waals surface area contributed by atoms with Crippen LogP contribution in [0.1, 0.15) is 71.8 Å². The molecule has 8 aromatic carbocycles. The van der Waals surface area contributed by atoms with E-state index in [-0.39, 0.29) is 8.41 Å². The Morgan fingerprint density at radius 2 is 0.757 bits per heavy atom. The predicted octanol–water partition coefficient (Wildman–Crippen LogP) is 14.5. The van der Waals surface area contributed by atoms with E-state index in [9.17, 15) is 4.79 Å². The monoisotopic (exact) mass is 967 g/mol. The number of anilines is 1. The third-order valence-electron chi connectivity index (χ3n) is 12.4. The number of aliphatic imine (C=N–C) groups is 3. The number of fused-ring (bicyclic) bond motifs is 2. The second-order valence-corrected chi connectivity index (χ2v) is 17.6. The fourth-order valence-corrected chi connectivity index (χ4v) is 8.47. The molecule has 2 N–H and O–H groups in total. The van der Waals surface area contributed by atoms with Crippen molar-refractivity contribution in [3.8, 4) is 12.8 Å². The lowest BCUT2D eigenvalue weighted by molar-refractivity contribution is 0.112. The van der Waals surface area contributed by atoms with E-state index in [0.29, 0.717) is 11.5 Å². The number of nitrogens with zero attached hydrogens (tertiary/aromatic N) is 7. The van der Waals surface area contributed by atoms with Gasteiger partial charge in [-0.1, -0.05) is 170 Å². The second kappa shape index (κ2) is 25.3. The van der Waals surface area contributed by atoms with Gasteiger partial charge in [0.05, 0.1) is 34.3 Å². The zero-order valence-electron chi connectivity index (χ0n) is 43.3. The van der Waals surface area contributed by atoms with E-state index in [1.165, 1.54) is 0 Å². The molecular weight excluding hydrogens is 908 g/mol. The normalized spacial score (nSPS) is 11.2. The molecule has 10 aromatic rings. The molecule has 0 spiro atoms. The van der Waals surface area contributed by atoms with Crippen molar-refractivity contribution >= 4 is 77.1 Å². The Hall–Kier alpha value is -9.20. The summed E-state index contributed by atoms with van der Waals surface area (Å²) in [5.41, 5.74) is 23.5. The first-order valence-electron chi connectivity index (χ1n) is 24.0. The maximum atomic E-state index is 11.5. The first-order valence-corrected chi connectivity index (χ1v) is 24.0. The van der Waals surface area contributed by atoms with Gasteiger partial charge in [0.15, 0.2) is 18.0 Å². The third-order valence-corrected chi connectivity index (χ3v) is 12.4. The van der Waals surface area contributed by atoms with Crippen molar-refractivity contribution in [1.82, 2.24) is 19.6 Å². The molecule has 0 aliphatic carbocycles. The van der Waals surface area contributed by atoms with Crippen molar-refractivity contribution in [3.63, 3.8) is 0 Å². The largest absolute Gasteiger partial charge is 0.398 e. The number of hydrogen-bond donors (Lipinski definition) is 1. The summed E-state index contributed by atoms with van der Waals surface area (Å²) in [6.07, 6.45) is 10.7. The lowest BCUT2D eigenvalue weighted by Gasteiger charge is -2.11. The van der Waals surface area contributed by atoms with Crippen LogP contribution in [0.2, 0.25) is 0 Å². The van der Waals surface area contributed by atoms with Crippen molar-refractivity contribution in [1.29, 1.82) is 0 Å². The molecular formula is C64H60BN8O. The first-order chi connectivity index (χ1) is 35.4. The number of aldehydes is 1. The van der Waals surface area contributed by atoms with Gasteiger partial charge in [0, 0.05) is 36.0 Å². The zero-order chi connectivity index (χ0) is 52.0. The van der Waals surface area contributed by atoms with Gasteiger partial charge in [0.1, 0.15) is 11.4 Å². The second-order valence-electron chi connectivity index (χ2n) is 17.6. The van der Waals surface area contributed by atoms with Crippen molar-refractivity contribution < 1.29 is 4.79 Å². The minimum atomic E-state index is 0. The van der Waals surface area contributed by atoms with Crippen LogP contribution in [-0.2, 0) is 0 Å². The Morgan fingerprint density at radius 3 is 1.14 bits per heavy atom. The summed E-state index contributed by atoms with van der Waals surface area (Å²) in [7, 11) is 0. The van der Waals surface area contributed by atoms with Crippen LogP contribution in [0.3, 0.4) is 0 Å². The Bertz CT molecular complexity index is 3580. The van der Waals surface area contributed by atoms with Crippen LogP contribution in [0, 0.1) is 68.2 Å². The summed E-state index contributed by atoms with van der Waals surface area (Å²) in [5, 5.41) is 11.4. The molecule has 9 nitrogen and oxygen atoms in total. The van der Waals surface area contributed by atoms with Gasteiger partial charge in [-0.05, 0) is 112 Å². The number of aryl methyl sites for hydroxylation is 8. The highest BCUT2D eigenvalue weighted by Gasteiger charge is 2.18. The quantitative estimate of drug-likeness (QED) is 0.0428. The van der Waals surface area contributed by atoms with E-state index in [2.05, 4.69) is 106 Å². The highest BCUT2D eigenvalue weighted by atomic mass is 16.1. The van der Waals surface area contributed by atoms with Gasteiger partial charge >= 0.3 is 0 Å². The molecule has 0 unspecified atom stereocenters. The molecule has 0 saturated carbocycles. The predicted molar refractivity (Wildman–Crippen MR) is 312 cm³/mol. The molecule has 2 aromatic heterocycles. The van der Waals surface area contributed by atoms with Gasteiger partial charge < -0.3 is 5.73 Å². The molecule has 0 aliphatic heterocycles. The summed E-state index contributed by atoms with van der Waals surface area (Å²) in [6.45, 7) is 16.5. The summed E-state index contributed by atoms with van der Waals surface area (Å²) >= 11 is 0. The van der Waals surface area contributed by atoms with Gasteiger partial charge in [-0.25, -0.2) is 19.3 Å². The third kappa shape index (κ3) is 12.3. The Kier molecular flexibility index (Phi) is 18.5. The van der Waals surface area contributed by atoms with Crippen LogP contribution in [0.4, 0.5) is 22.7 Å². The minimum absolute atomic E-state index is 0. The van der Waals surface area contributed by atoms with E-state index in [1.807, 2.05) is 160 Å². The lowest BCUT2D eigenvalue weighted by atomic mass is 10.1. The summed E-state index contributed by atoms with van der Waals surface area (Å²) in [4.78, 5) is 26.6. The lowest BCUT2D eigenvalue weighted by Crippen LogP contribution is -2.15. The molecule has 0 aliphatic rings. The van der Waals surface area contributed by atoms with Crippen LogP contribution < -0.4 is 5.73 Å². The number of nitrogens with two attached hydrogens (primary N) is 1. The van der Waals surface area contributed by atoms with Crippen LogP contribution in [-0.4, -0.2) is 52.1 Å². The molecule has 0 amide bonds. The van der Waals surface area contributed by atoms with Gasteiger partial charge in [-0.2, -0.15) is 10.2 Å². The smallest absolute Gasteiger partial charge is 0.170 e. The van der Waals surface area contributed by atoms with E-state index in [4.69, 9.17) is 25.8 Å². The molecule has 74 heavy (non-hydrogen) atoms. The average Bonchev–Trinajstić information content (AvgIpc) is 3.97. The molecule has 3 radical (unpaired) electrons. The van der Waals surface area contributed by atoms with Crippen molar-refractivity contribution in [3.05, 3.63) is 249 Å². The molecule has 0 saturated heterocycles. The molecule has 365 valence electrons. The van der Waals surface area contributed by atoms with Gasteiger partial charge in [-0.15, -0.1) is 12.8 Å². The number of aromatic nitrogens is 4. The highest BCUT2D eigenvalue weighted by molar-refractivity contribution is 6.10. The van der Waals surface area contributed by atoms with Crippen LogP contribution in [0.5, 0.6) is 0 Å². The number of benzene rings is 8. The van der Waals surface area contributed by atoms with Crippen molar-refractivity contribution in [2.24, 2.45) is 15.0 Å². The number of carbonyl (C=O) groups is 1. The minimum Gasteiger partial charge on any atom is -0.398 e. The van der Waals surface area contributed by atoms with Crippen molar-refractivity contribution in [2.75, 3.05) is 5.73 Å². The Balaban J connectivity index is 0.000000202. The maximum absolute atomic E-state index is 11.5. The summed E-state index contributed by atoms with van der Waals surface area (Å²) in [6, 6.07) is 60.8. The fraction of sp³-hybridized carbons (Fsp3) is 0.125. The highest BCUT2D eigenvalue weighted by Crippen LogP contribution is 2.29. The summed E-state index contributed by atoms with van der Waals surface area (Å²) < 4.78 is 3.71. The van der Waals surface area contributed by atoms with Crippen molar-refractivity contribution in [2.45, 2.75) is 55.4 Å². The maximum Gasteiger partial charge on any atom is 0.170 e. The van der Waals surface area contributed by atoms with E-state index in [0.717, 1.165) is 118 Å². The summed E-state index contributed by atoms with van der Waals surface area (Å²) in [5.74, 6) is 1.48. The number of hydrogen-bond acceptors (Lipinski definition) is 7. The Morgan fingerprint density at radius 1 is 0.432 bits per heavy atom. The van der Waals surface area contributed by atoms with Gasteiger partial charge in [0.25, 0.3) is 0 Å².